The number of rotatable bonds is 15. The quantitative estimate of drug-likeness (QED) is 0.110. The summed E-state index contributed by atoms with van der Waals surface area (Å²) < 4.78 is 0. The van der Waals surface area contributed by atoms with Crippen molar-refractivity contribution in [2.45, 2.75) is 75.9 Å². The summed E-state index contributed by atoms with van der Waals surface area (Å²) in [7, 11) is 0. The average Bonchev–Trinajstić information content (AvgIpc) is 2.69. The van der Waals surface area contributed by atoms with E-state index >= 15 is 0 Å². The van der Waals surface area contributed by atoms with Crippen LogP contribution in [0.2, 0.25) is 0 Å². The Bertz CT molecular complexity index is 741. The normalized spacial score (nSPS) is 16.3. The molecule has 0 aromatic carbocycles. The largest absolute Gasteiger partial charge is 0.481 e. The zero-order valence-electron chi connectivity index (χ0n) is 18.1. The molecule has 33 heavy (non-hydrogen) atoms. The van der Waals surface area contributed by atoms with Gasteiger partial charge in [0.1, 0.15) is 24.2 Å². The summed E-state index contributed by atoms with van der Waals surface area (Å²) in [5.74, 6) is -7.40. The number of amides is 3. The molecule has 188 valence electrons. The molecule has 0 aromatic heterocycles. The maximum absolute atomic E-state index is 12.6. The minimum absolute atomic E-state index is 0.473. The molecule has 0 aliphatic rings. The Kier molecular flexibility index (Phi) is 12.6. The fourth-order valence-electron chi connectivity index (χ4n) is 2.47. The first kappa shape index (κ1) is 29.7. The number of aliphatic carboxylic acids is 3. The van der Waals surface area contributed by atoms with Crippen molar-refractivity contribution in [2.24, 2.45) is 5.73 Å². The van der Waals surface area contributed by atoms with E-state index in [4.69, 9.17) is 15.9 Å². The van der Waals surface area contributed by atoms with Crippen molar-refractivity contribution < 1.29 is 54.3 Å². The van der Waals surface area contributed by atoms with Crippen LogP contribution in [0.4, 0.5) is 0 Å². The Morgan fingerprint density at radius 1 is 0.697 bits per heavy atom. The summed E-state index contributed by atoms with van der Waals surface area (Å²) in [6.07, 6.45) is -4.92. The van der Waals surface area contributed by atoms with Crippen LogP contribution in [0.1, 0.15) is 39.5 Å². The summed E-state index contributed by atoms with van der Waals surface area (Å²) >= 11 is 0. The van der Waals surface area contributed by atoms with Gasteiger partial charge in [0.05, 0.1) is 12.2 Å². The Hall–Kier alpha value is -3.30. The number of nitrogens with two attached hydrogens (primary N) is 1. The molecule has 6 unspecified atom stereocenters. The lowest BCUT2D eigenvalue weighted by molar-refractivity contribution is -0.144. The Morgan fingerprint density at radius 2 is 1.15 bits per heavy atom. The van der Waals surface area contributed by atoms with Gasteiger partial charge in [0.15, 0.2) is 0 Å². The molecule has 0 rings (SSSR count). The number of hydrogen-bond acceptors (Lipinski definition) is 9. The van der Waals surface area contributed by atoms with Gasteiger partial charge in [-0.25, -0.2) is 4.79 Å². The van der Waals surface area contributed by atoms with Crippen molar-refractivity contribution in [3.63, 3.8) is 0 Å². The Morgan fingerprint density at radius 3 is 1.55 bits per heavy atom. The minimum Gasteiger partial charge on any atom is -0.481 e. The topological polar surface area (TPSA) is 266 Å². The third kappa shape index (κ3) is 11.2. The number of aliphatic hydroxyl groups excluding tert-OH is 2. The van der Waals surface area contributed by atoms with E-state index in [2.05, 4.69) is 10.6 Å². The van der Waals surface area contributed by atoms with E-state index in [-0.39, 0.29) is 0 Å². The summed E-state index contributed by atoms with van der Waals surface area (Å²) in [5.41, 5.74) is 5.47. The molecule has 0 radical (unpaired) electrons. The number of carboxylic acid groups (broad SMARTS) is 3. The molecule has 6 atom stereocenters. The van der Waals surface area contributed by atoms with E-state index in [0.717, 1.165) is 6.92 Å². The second-order valence-electron chi connectivity index (χ2n) is 7.32. The van der Waals surface area contributed by atoms with Gasteiger partial charge in [-0.3, -0.25) is 24.0 Å². The van der Waals surface area contributed by atoms with Crippen molar-refractivity contribution in [3.8, 4) is 0 Å². The average molecular weight is 478 g/mol. The fourth-order valence-corrected chi connectivity index (χ4v) is 2.47. The van der Waals surface area contributed by atoms with Crippen molar-refractivity contribution in [2.75, 3.05) is 0 Å². The number of aliphatic hydroxyl groups is 2. The Balaban J connectivity index is 5.53. The van der Waals surface area contributed by atoms with Crippen molar-refractivity contribution in [1.82, 2.24) is 16.0 Å². The SMILES string of the molecule is CC(O)C(N)C(=O)NC(C(=O)NC(CCC(=O)O)C(=O)NC(CCC(=O)O)C(=O)O)C(C)O. The predicted octanol–water partition coefficient (Wildman–Crippen LogP) is -3.66. The molecule has 0 aliphatic carbocycles. The van der Waals surface area contributed by atoms with Gasteiger partial charge in [0.2, 0.25) is 17.7 Å². The van der Waals surface area contributed by atoms with E-state index in [1.54, 1.807) is 0 Å². The first-order valence-corrected chi connectivity index (χ1v) is 9.86. The van der Waals surface area contributed by atoms with E-state index in [9.17, 15) is 44.1 Å². The molecule has 0 fully saturated rings. The van der Waals surface area contributed by atoms with Crippen LogP contribution in [0.3, 0.4) is 0 Å². The second-order valence-corrected chi connectivity index (χ2v) is 7.32. The van der Waals surface area contributed by atoms with Crippen LogP contribution in [0.5, 0.6) is 0 Å². The zero-order valence-corrected chi connectivity index (χ0v) is 18.1. The van der Waals surface area contributed by atoms with E-state index in [1.165, 1.54) is 6.92 Å². The van der Waals surface area contributed by atoms with Crippen LogP contribution in [-0.4, -0.2) is 97.5 Å². The molecule has 0 saturated heterocycles. The standard InChI is InChI=1S/C18H30N4O11/c1-7(23)13(19)16(30)22-14(8(2)24)17(31)20-9(3-5-11(25)26)15(29)21-10(18(32)33)4-6-12(27)28/h7-10,13-14,23-24H,3-6,19H2,1-2H3,(H,20,31)(H,21,29)(H,22,30)(H,25,26)(H,27,28)(H,32,33). The number of carbonyl (C=O) groups is 6. The highest BCUT2D eigenvalue weighted by Gasteiger charge is 2.33. The summed E-state index contributed by atoms with van der Waals surface area (Å²) in [6.45, 7) is 2.36. The van der Waals surface area contributed by atoms with Crippen LogP contribution >= 0.6 is 0 Å². The molecule has 0 bridgehead atoms. The highest BCUT2D eigenvalue weighted by atomic mass is 16.4. The number of hydrogen-bond donors (Lipinski definition) is 9. The van der Waals surface area contributed by atoms with Gasteiger partial charge in [-0.05, 0) is 26.7 Å². The smallest absolute Gasteiger partial charge is 0.326 e. The molecule has 15 nitrogen and oxygen atoms in total. The van der Waals surface area contributed by atoms with Crippen LogP contribution in [0.15, 0.2) is 0 Å². The number of carbonyl (C=O) groups excluding carboxylic acids is 3. The molecule has 3 amide bonds. The highest BCUT2D eigenvalue weighted by Crippen LogP contribution is 2.05. The Labute approximate surface area is 188 Å². The summed E-state index contributed by atoms with van der Waals surface area (Å²) in [4.78, 5) is 70.0. The van der Waals surface area contributed by atoms with E-state index in [0.29, 0.717) is 0 Å². The van der Waals surface area contributed by atoms with Crippen molar-refractivity contribution in [3.05, 3.63) is 0 Å². The van der Waals surface area contributed by atoms with Crippen molar-refractivity contribution in [1.29, 1.82) is 0 Å². The number of nitrogens with one attached hydrogen (secondary N) is 3. The van der Waals surface area contributed by atoms with Gasteiger partial charge in [-0.1, -0.05) is 0 Å². The monoisotopic (exact) mass is 478 g/mol. The van der Waals surface area contributed by atoms with Gasteiger partial charge in [0.25, 0.3) is 0 Å². The maximum atomic E-state index is 12.6. The molecule has 15 heteroatoms. The lowest BCUT2D eigenvalue weighted by Crippen LogP contribution is -2.60. The molecule has 0 saturated carbocycles. The van der Waals surface area contributed by atoms with Gasteiger partial charge < -0.3 is 47.2 Å². The zero-order chi connectivity index (χ0) is 25.9. The molecule has 10 N–H and O–H groups in total. The maximum Gasteiger partial charge on any atom is 0.326 e. The van der Waals surface area contributed by atoms with Crippen LogP contribution in [-0.2, 0) is 28.8 Å². The van der Waals surface area contributed by atoms with E-state index < -0.39 is 97.7 Å². The molecule has 0 spiro atoms. The molecule has 0 heterocycles. The first-order valence-electron chi connectivity index (χ1n) is 9.86. The molecule has 0 aromatic rings. The molecular weight excluding hydrogens is 448 g/mol. The van der Waals surface area contributed by atoms with Gasteiger partial charge in [0, 0.05) is 12.8 Å². The second kappa shape index (κ2) is 14.0. The predicted molar refractivity (Wildman–Crippen MR) is 109 cm³/mol. The van der Waals surface area contributed by atoms with Gasteiger partial charge >= 0.3 is 17.9 Å². The van der Waals surface area contributed by atoms with E-state index in [1.807, 2.05) is 5.32 Å². The van der Waals surface area contributed by atoms with Crippen LogP contribution < -0.4 is 21.7 Å². The lowest BCUT2D eigenvalue weighted by atomic mass is 10.1. The minimum atomic E-state index is -1.65. The summed E-state index contributed by atoms with van der Waals surface area (Å²) in [5, 5.41) is 52.3. The third-order valence-corrected chi connectivity index (χ3v) is 4.43. The summed E-state index contributed by atoms with van der Waals surface area (Å²) in [6, 6.07) is -6.31. The lowest BCUT2D eigenvalue weighted by Gasteiger charge is -2.26. The van der Waals surface area contributed by atoms with Gasteiger partial charge in [-0.15, -0.1) is 0 Å². The fraction of sp³-hybridized carbons (Fsp3) is 0.667. The molecular formula is C18H30N4O11. The van der Waals surface area contributed by atoms with Crippen LogP contribution in [0, 0.1) is 0 Å². The first-order chi connectivity index (χ1) is 15.2. The number of carboxylic acids is 3. The molecule has 0 aliphatic heterocycles. The highest BCUT2D eigenvalue weighted by molar-refractivity contribution is 5.94. The third-order valence-electron chi connectivity index (χ3n) is 4.43. The van der Waals surface area contributed by atoms with Crippen LogP contribution in [0.25, 0.3) is 0 Å². The van der Waals surface area contributed by atoms with Crippen molar-refractivity contribution >= 4 is 35.6 Å². The van der Waals surface area contributed by atoms with Gasteiger partial charge in [-0.2, -0.15) is 0 Å².